The van der Waals surface area contributed by atoms with Crippen LogP contribution in [0.5, 0.6) is 0 Å². The Bertz CT molecular complexity index is 544. The van der Waals surface area contributed by atoms with Gasteiger partial charge in [-0.25, -0.2) is 0 Å². The molecule has 1 saturated heterocycles. The van der Waals surface area contributed by atoms with Crippen molar-refractivity contribution in [1.29, 1.82) is 0 Å². The van der Waals surface area contributed by atoms with Crippen LogP contribution < -0.4 is 0 Å². The Balaban J connectivity index is 1.96. The van der Waals surface area contributed by atoms with Gasteiger partial charge in [-0.15, -0.1) is 0 Å². The molecule has 4 nitrogen and oxygen atoms in total. The molecule has 5 heteroatoms. The second-order valence-electron chi connectivity index (χ2n) is 6.66. The van der Waals surface area contributed by atoms with Crippen LogP contribution in [0.25, 0.3) is 0 Å². The fraction of sp³-hybridized carbons (Fsp3) is 0.556. The fourth-order valence-electron chi connectivity index (χ4n) is 2.95. The molecule has 1 N–H and O–H groups in total. The van der Waals surface area contributed by atoms with E-state index in [0.717, 1.165) is 17.9 Å². The molecule has 1 amide bonds. The number of aliphatic carboxylic acids is 1. The Kier molecular flexibility index (Phi) is 6.10. The number of carboxylic acid groups (broad SMARTS) is 1. The third-order valence-electron chi connectivity index (χ3n) is 4.48. The van der Waals surface area contributed by atoms with Gasteiger partial charge in [-0.05, 0) is 17.4 Å². The van der Waals surface area contributed by atoms with Gasteiger partial charge in [0.1, 0.15) is 0 Å². The molecular weight excluding hydrogens is 310 g/mol. The molecule has 1 aromatic rings. The maximum atomic E-state index is 12.6. The average molecular weight is 335 g/mol. The molecule has 1 unspecified atom stereocenters. The van der Waals surface area contributed by atoms with Gasteiger partial charge in [0, 0.05) is 24.5 Å². The van der Waals surface area contributed by atoms with Crippen LogP contribution in [0.2, 0.25) is 0 Å². The summed E-state index contributed by atoms with van der Waals surface area (Å²) in [7, 11) is 0. The molecule has 1 aliphatic rings. The molecule has 1 aliphatic heterocycles. The van der Waals surface area contributed by atoms with Crippen LogP contribution in [0.15, 0.2) is 30.3 Å². The summed E-state index contributed by atoms with van der Waals surface area (Å²) in [6.45, 7) is 4.96. The summed E-state index contributed by atoms with van der Waals surface area (Å²) in [5, 5.41) is 9.03. The zero-order chi connectivity index (χ0) is 16.9. The van der Waals surface area contributed by atoms with Crippen LogP contribution in [-0.2, 0) is 15.0 Å². The standard InChI is InChI=1S/C18H25NO3S/c1-18(2,14-6-4-3-5-7-14)9-8-16(20)19-10-11-23-13-15(19)12-17(21)22/h3-7,15H,8-13H2,1-2H3,(H,21,22). The number of carbonyl (C=O) groups excluding carboxylic acids is 1. The summed E-state index contributed by atoms with van der Waals surface area (Å²) < 4.78 is 0. The Labute approximate surface area is 142 Å². The number of carbonyl (C=O) groups is 2. The van der Waals surface area contributed by atoms with E-state index in [1.807, 2.05) is 18.2 Å². The smallest absolute Gasteiger partial charge is 0.305 e. The lowest BCUT2D eigenvalue weighted by Crippen LogP contribution is -2.47. The van der Waals surface area contributed by atoms with E-state index in [2.05, 4.69) is 26.0 Å². The first-order valence-corrected chi connectivity index (χ1v) is 9.20. The minimum absolute atomic E-state index is 0.0425. The van der Waals surface area contributed by atoms with Crippen molar-refractivity contribution in [2.75, 3.05) is 18.1 Å². The summed E-state index contributed by atoms with van der Waals surface area (Å²) >= 11 is 1.73. The Morgan fingerprint density at radius 1 is 1.30 bits per heavy atom. The number of benzene rings is 1. The molecule has 0 saturated carbocycles. The van der Waals surface area contributed by atoms with E-state index in [1.165, 1.54) is 5.56 Å². The van der Waals surface area contributed by atoms with E-state index in [4.69, 9.17) is 5.11 Å². The molecule has 1 atom stereocenters. The van der Waals surface area contributed by atoms with Gasteiger partial charge >= 0.3 is 5.97 Å². The zero-order valence-electron chi connectivity index (χ0n) is 13.8. The van der Waals surface area contributed by atoms with Crippen LogP contribution >= 0.6 is 11.8 Å². The third kappa shape index (κ3) is 4.99. The van der Waals surface area contributed by atoms with Crippen LogP contribution in [0.1, 0.15) is 38.7 Å². The monoisotopic (exact) mass is 335 g/mol. The summed E-state index contributed by atoms with van der Waals surface area (Å²) in [5.74, 6) is 0.866. The highest BCUT2D eigenvalue weighted by atomic mass is 32.2. The van der Waals surface area contributed by atoms with Gasteiger partial charge in [0.2, 0.25) is 5.91 Å². The minimum atomic E-state index is -0.833. The summed E-state index contributed by atoms with van der Waals surface area (Å²) in [4.78, 5) is 25.4. The fourth-order valence-corrected chi connectivity index (χ4v) is 4.01. The second-order valence-corrected chi connectivity index (χ2v) is 7.81. The van der Waals surface area contributed by atoms with E-state index in [1.54, 1.807) is 16.7 Å². The number of thioether (sulfide) groups is 1. The van der Waals surface area contributed by atoms with Gasteiger partial charge in [0.05, 0.1) is 12.5 Å². The summed E-state index contributed by atoms with van der Waals surface area (Å²) in [6, 6.07) is 10.0. The number of carboxylic acids is 1. The largest absolute Gasteiger partial charge is 0.481 e. The van der Waals surface area contributed by atoms with Crippen molar-refractivity contribution >= 4 is 23.6 Å². The molecular formula is C18H25NO3S. The lowest BCUT2D eigenvalue weighted by Gasteiger charge is -2.35. The van der Waals surface area contributed by atoms with Crippen LogP contribution in [0, 0.1) is 0 Å². The van der Waals surface area contributed by atoms with E-state index in [-0.39, 0.29) is 23.8 Å². The number of rotatable bonds is 6. The van der Waals surface area contributed by atoms with Gasteiger partial charge in [-0.1, -0.05) is 44.2 Å². The number of hydrogen-bond donors (Lipinski definition) is 1. The highest BCUT2D eigenvalue weighted by Crippen LogP contribution is 2.29. The van der Waals surface area contributed by atoms with Gasteiger partial charge in [0.15, 0.2) is 0 Å². The zero-order valence-corrected chi connectivity index (χ0v) is 14.6. The predicted molar refractivity (Wildman–Crippen MR) is 93.8 cm³/mol. The Morgan fingerprint density at radius 2 is 2.00 bits per heavy atom. The predicted octanol–water partition coefficient (Wildman–Crippen LogP) is 3.16. The Morgan fingerprint density at radius 3 is 2.65 bits per heavy atom. The molecule has 23 heavy (non-hydrogen) atoms. The first-order chi connectivity index (χ1) is 10.9. The van der Waals surface area contributed by atoms with Crippen molar-refractivity contribution in [3.8, 4) is 0 Å². The van der Waals surface area contributed by atoms with Crippen molar-refractivity contribution in [3.63, 3.8) is 0 Å². The number of hydrogen-bond acceptors (Lipinski definition) is 3. The molecule has 0 spiro atoms. The maximum Gasteiger partial charge on any atom is 0.305 e. The highest BCUT2D eigenvalue weighted by molar-refractivity contribution is 7.99. The van der Waals surface area contributed by atoms with E-state index < -0.39 is 5.97 Å². The maximum absolute atomic E-state index is 12.6. The topological polar surface area (TPSA) is 57.6 Å². The van der Waals surface area contributed by atoms with E-state index in [0.29, 0.717) is 13.0 Å². The van der Waals surface area contributed by atoms with Crippen molar-refractivity contribution in [3.05, 3.63) is 35.9 Å². The second kappa shape index (κ2) is 7.86. The minimum Gasteiger partial charge on any atom is -0.481 e. The highest BCUT2D eigenvalue weighted by Gasteiger charge is 2.30. The number of amides is 1. The van der Waals surface area contributed by atoms with E-state index in [9.17, 15) is 9.59 Å². The van der Waals surface area contributed by atoms with Crippen LogP contribution in [0.4, 0.5) is 0 Å². The lowest BCUT2D eigenvalue weighted by molar-refractivity contribution is -0.140. The molecule has 1 aromatic carbocycles. The molecule has 0 aliphatic carbocycles. The first-order valence-electron chi connectivity index (χ1n) is 8.05. The van der Waals surface area contributed by atoms with Gasteiger partial charge in [-0.3, -0.25) is 9.59 Å². The van der Waals surface area contributed by atoms with E-state index >= 15 is 0 Å². The van der Waals surface area contributed by atoms with Gasteiger partial charge in [-0.2, -0.15) is 11.8 Å². The van der Waals surface area contributed by atoms with Crippen LogP contribution in [-0.4, -0.2) is 46.0 Å². The molecule has 2 rings (SSSR count). The average Bonchev–Trinajstić information content (AvgIpc) is 2.53. The molecule has 0 bridgehead atoms. The van der Waals surface area contributed by atoms with Crippen LogP contribution in [0.3, 0.4) is 0 Å². The van der Waals surface area contributed by atoms with Crippen molar-refractivity contribution in [2.45, 2.75) is 44.6 Å². The molecule has 126 valence electrons. The molecule has 1 fully saturated rings. The van der Waals surface area contributed by atoms with Crippen molar-refractivity contribution < 1.29 is 14.7 Å². The summed E-state index contributed by atoms with van der Waals surface area (Å²) in [6.07, 6.45) is 1.27. The van der Waals surface area contributed by atoms with Crippen molar-refractivity contribution in [1.82, 2.24) is 4.90 Å². The molecule has 0 radical (unpaired) electrons. The first kappa shape index (κ1) is 17.9. The van der Waals surface area contributed by atoms with Gasteiger partial charge < -0.3 is 10.0 Å². The van der Waals surface area contributed by atoms with Gasteiger partial charge in [0.25, 0.3) is 0 Å². The normalized spacial score (nSPS) is 18.7. The SMILES string of the molecule is CC(C)(CCC(=O)N1CCSCC1CC(=O)O)c1ccccc1. The lowest BCUT2D eigenvalue weighted by atomic mass is 9.80. The Hall–Kier alpha value is -1.49. The molecule has 1 heterocycles. The third-order valence-corrected chi connectivity index (χ3v) is 5.57. The quantitative estimate of drug-likeness (QED) is 0.867. The van der Waals surface area contributed by atoms with Crippen molar-refractivity contribution in [2.24, 2.45) is 0 Å². The number of nitrogens with zero attached hydrogens (tertiary/aromatic N) is 1. The summed E-state index contributed by atoms with van der Waals surface area (Å²) in [5.41, 5.74) is 1.16. The molecule has 0 aromatic heterocycles.